The zero-order valence-electron chi connectivity index (χ0n) is 16.2. The van der Waals surface area contributed by atoms with Crippen LogP contribution in [0.3, 0.4) is 0 Å². The molecule has 0 bridgehead atoms. The van der Waals surface area contributed by atoms with Crippen LogP contribution in [0, 0.1) is 12.7 Å². The summed E-state index contributed by atoms with van der Waals surface area (Å²) in [5, 5.41) is 5.99. The highest BCUT2D eigenvalue weighted by Gasteiger charge is 2.16. The molecule has 2 N–H and O–H groups in total. The van der Waals surface area contributed by atoms with Crippen molar-refractivity contribution >= 4 is 29.0 Å². The molecule has 1 amide bonds. The molecule has 6 nitrogen and oxygen atoms in total. The minimum absolute atomic E-state index is 0.0144. The monoisotopic (exact) mass is 391 g/mol. The fourth-order valence-corrected chi connectivity index (χ4v) is 3.30. The van der Waals surface area contributed by atoms with E-state index < -0.39 is 11.7 Å². The predicted octanol–water partition coefficient (Wildman–Crippen LogP) is 4.52. The number of aromatic nitrogens is 2. The van der Waals surface area contributed by atoms with E-state index in [1.165, 1.54) is 25.0 Å². The maximum absolute atomic E-state index is 13.7. The molecular weight excluding hydrogens is 369 g/mol. The van der Waals surface area contributed by atoms with Gasteiger partial charge in [-0.1, -0.05) is 12.1 Å². The highest BCUT2D eigenvalue weighted by molar-refractivity contribution is 6.04. The van der Waals surface area contributed by atoms with Crippen molar-refractivity contribution in [1.29, 1.82) is 0 Å². The summed E-state index contributed by atoms with van der Waals surface area (Å²) in [6.45, 7) is 3.92. The molecule has 1 saturated heterocycles. The van der Waals surface area contributed by atoms with Crippen LogP contribution in [0.2, 0.25) is 0 Å². The standard InChI is InChI=1S/C22H22FN5O/c1-15-14-20(27-22(24-15)28-12-4-5-13-28)25-16-8-10-17(11-9-16)26-21(29)18-6-2-3-7-19(18)23/h2-3,6-11,14H,4-5,12-13H2,1H3,(H,26,29)(H,24,25,27). The van der Waals surface area contributed by atoms with Gasteiger partial charge in [0.1, 0.15) is 11.6 Å². The number of carbonyl (C=O) groups excluding carboxylic acids is 1. The van der Waals surface area contributed by atoms with Gasteiger partial charge in [-0.2, -0.15) is 4.98 Å². The molecular formula is C22H22FN5O. The summed E-state index contributed by atoms with van der Waals surface area (Å²) in [4.78, 5) is 23.6. The Morgan fingerprint density at radius 3 is 2.41 bits per heavy atom. The SMILES string of the molecule is Cc1cc(Nc2ccc(NC(=O)c3ccccc3F)cc2)nc(N2CCCC2)n1. The lowest BCUT2D eigenvalue weighted by atomic mass is 10.2. The topological polar surface area (TPSA) is 70.2 Å². The van der Waals surface area contributed by atoms with Crippen molar-refractivity contribution < 1.29 is 9.18 Å². The lowest BCUT2D eigenvalue weighted by molar-refractivity contribution is 0.102. The summed E-state index contributed by atoms with van der Waals surface area (Å²) < 4.78 is 13.7. The first-order valence-corrected chi connectivity index (χ1v) is 9.62. The molecule has 0 atom stereocenters. The van der Waals surface area contributed by atoms with Crippen molar-refractivity contribution in [3.05, 3.63) is 71.7 Å². The fourth-order valence-electron chi connectivity index (χ4n) is 3.30. The molecule has 1 aromatic heterocycles. The molecule has 1 aliphatic rings. The molecule has 3 aromatic rings. The third-order valence-corrected chi connectivity index (χ3v) is 4.76. The van der Waals surface area contributed by atoms with E-state index in [9.17, 15) is 9.18 Å². The number of nitrogens with one attached hydrogen (secondary N) is 2. The highest BCUT2D eigenvalue weighted by Crippen LogP contribution is 2.22. The van der Waals surface area contributed by atoms with Crippen LogP contribution in [0.15, 0.2) is 54.6 Å². The highest BCUT2D eigenvalue weighted by atomic mass is 19.1. The van der Waals surface area contributed by atoms with Crippen molar-refractivity contribution in [1.82, 2.24) is 9.97 Å². The smallest absolute Gasteiger partial charge is 0.258 e. The molecule has 7 heteroatoms. The first kappa shape index (κ1) is 18.9. The van der Waals surface area contributed by atoms with Gasteiger partial charge in [0, 0.05) is 36.2 Å². The van der Waals surface area contributed by atoms with Gasteiger partial charge < -0.3 is 15.5 Å². The second kappa shape index (κ2) is 8.26. The van der Waals surface area contributed by atoms with Crippen molar-refractivity contribution in [2.24, 2.45) is 0 Å². The Balaban J connectivity index is 1.45. The summed E-state index contributed by atoms with van der Waals surface area (Å²) in [7, 11) is 0. The molecule has 1 aliphatic heterocycles. The van der Waals surface area contributed by atoms with E-state index in [0.717, 1.165) is 36.2 Å². The molecule has 0 aliphatic carbocycles. The Bertz CT molecular complexity index is 1020. The first-order chi connectivity index (χ1) is 14.1. The maximum Gasteiger partial charge on any atom is 0.258 e. The summed E-state index contributed by atoms with van der Waals surface area (Å²) in [5.41, 5.74) is 2.33. The average Bonchev–Trinajstić information content (AvgIpc) is 3.24. The van der Waals surface area contributed by atoms with Crippen LogP contribution < -0.4 is 15.5 Å². The van der Waals surface area contributed by atoms with Crippen LogP contribution in [0.5, 0.6) is 0 Å². The van der Waals surface area contributed by atoms with E-state index in [1.54, 1.807) is 24.3 Å². The first-order valence-electron chi connectivity index (χ1n) is 9.62. The van der Waals surface area contributed by atoms with Crippen molar-refractivity contribution in [2.75, 3.05) is 28.6 Å². The number of aryl methyl sites for hydroxylation is 1. The third kappa shape index (κ3) is 4.51. The summed E-state index contributed by atoms with van der Waals surface area (Å²) >= 11 is 0. The van der Waals surface area contributed by atoms with E-state index in [1.807, 2.05) is 25.1 Å². The molecule has 4 rings (SSSR count). The Hall–Kier alpha value is -3.48. The minimum atomic E-state index is -0.545. The fraction of sp³-hybridized carbons (Fsp3) is 0.227. The van der Waals surface area contributed by atoms with E-state index >= 15 is 0 Å². The van der Waals surface area contributed by atoms with Crippen LogP contribution in [0.25, 0.3) is 0 Å². The van der Waals surface area contributed by atoms with Gasteiger partial charge in [0.15, 0.2) is 0 Å². The molecule has 2 heterocycles. The molecule has 29 heavy (non-hydrogen) atoms. The quantitative estimate of drug-likeness (QED) is 0.669. The zero-order valence-corrected chi connectivity index (χ0v) is 16.2. The van der Waals surface area contributed by atoms with E-state index in [-0.39, 0.29) is 5.56 Å². The molecule has 2 aromatic carbocycles. The average molecular weight is 391 g/mol. The van der Waals surface area contributed by atoms with Gasteiger partial charge in [-0.3, -0.25) is 4.79 Å². The number of halogens is 1. The molecule has 0 radical (unpaired) electrons. The number of amides is 1. The van der Waals surface area contributed by atoms with Crippen molar-refractivity contribution in [3.8, 4) is 0 Å². The van der Waals surface area contributed by atoms with Crippen molar-refractivity contribution in [3.63, 3.8) is 0 Å². The van der Waals surface area contributed by atoms with Gasteiger partial charge in [0.05, 0.1) is 5.56 Å². The second-order valence-electron chi connectivity index (χ2n) is 7.03. The zero-order chi connectivity index (χ0) is 20.2. The maximum atomic E-state index is 13.7. The lowest BCUT2D eigenvalue weighted by Gasteiger charge is -2.17. The van der Waals surface area contributed by atoms with Crippen LogP contribution in [-0.2, 0) is 0 Å². The van der Waals surface area contributed by atoms with E-state index in [2.05, 4.69) is 25.5 Å². The molecule has 0 saturated carbocycles. The van der Waals surface area contributed by atoms with Gasteiger partial charge in [-0.05, 0) is 56.2 Å². The van der Waals surface area contributed by atoms with E-state index in [0.29, 0.717) is 5.69 Å². The number of rotatable bonds is 5. The summed E-state index contributed by atoms with van der Waals surface area (Å²) in [5.74, 6) is 0.447. The van der Waals surface area contributed by atoms with Crippen molar-refractivity contribution in [2.45, 2.75) is 19.8 Å². The van der Waals surface area contributed by atoms with Gasteiger partial charge in [-0.25, -0.2) is 9.37 Å². The summed E-state index contributed by atoms with van der Waals surface area (Å²) in [6, 6.07) is 15.0. The molecule has 0 spiro atoms. The Morgan fingerprint density at radius 1 is 1.00 bits per heavy atom. The number of hydrogen-bond acceptors (Lipinski definition) is 5. The minimum Gasteiger partial charge on any atom is -0.341 e. The van der Waals surface area contributed by atoms with Gasteiger partial charge in [0.25, 0.3) is 5.91 Å². The van der Waals surface area contributed by atoms with Gasteiger partial charge in [-0.15, -0.1) is 0 Å². The predicted molar refractivity (Wildman–Crippen MR) is 112 cm³/mol. The van der Waals surface area contributed by atoms with Crippen LogP contribution in [0.4, 0.5) is 27.5 Å². The lowest BCUT2D eigenvalue weighted by Crippen LogP contribution is -2.21. The largest absolute Gasteiger partial charge is 0.341 e. The molecule has 1 fully saturated rings. The van der Waals surface area contributed by atoms with Crippen LogP contribution >= 0.6 is 0 Å². The normalized spacial score (nSPS) is 13.4. The van der Waals surface area contributed by atoms with Gasteiger partial charge >= 0.3 is 0 Å². The molecule has 0 unspecified atom stereocenters. The Morgan fingerprint density at radius 2 is 1.69 bits per heavy atom. The number of nitrogens with zero attached hydrogens (tertiary/aromatic N) is 3. The third-order valence-electron chi connectivity index (χ3n) is 4.76. The van der Waals surface area contributed by atoms with Crippen LogP contribution in [-0.4, -0.2) is 29.0 Å². The number of anilines is 4. The molecule has 148 valence electrons. The van der Waals surface area contributed by atoms with Crippen LogP contribution in [0.1, 0.15) is 28.9 Å². The number of carbonyl (C=O) groups is 1. The second-order valence-corrected chi connectivity index (χ2v) is 7.03. The van der Waals surface area contributed by atoms with E-state index in [4.69, 9.17) is 0 Å². The summed E-state index contributed by atoms with van der Waals surface area (Å²) in [6.07, 6.45) is 2.33. The number of benzene rings is 2. The Labute approximate surface area is 168 Å². The Kier molecular flexibility index (Phi) is 5.37. The number of hydrogen-bond donors (Lipinski definition) is 2. The van der Waals surface area contributed by atoms with Gasteiger partial charge in [0.2, 0.25) is 5.95 Å².